The largest absolute Gasteiger partial charge is 0.378 e. The number of rotatable bonds is 5. The van der Waals surface area contributed by atoms with Gasteiger partial charge in [-0.15, -0.1) is 0 Å². The molecule has 18 heavy (non-hydrogen) atoms. The normalized spacial score (nSPS) is 21.2. The second-order valence-corrected chi connectivity index (χ2v) is 4.76. The Kier molecular flexibility index (Phi) is 4.66. The Morgan fingerprint density at radius 2 is 2.06 bits per heavy atom. The molecule has 1 fully saturated rings. The Hall–Kier alpha value is -1.00. The van der Waals surface area contributed by atoms with Crippen LogP contribution in [0.5, 0.6) is 0 Å². The highest BCUT2D eigenvalue weighted by atomic mass is 19.1. The summed E-state index contributed by atoms with van der Waals surface area (Å²) < 4.78 is 31.9. The molecule has 1 heterocycles. The lowest BCUT2D eigenvalue weighted by Crippen LogP contribution is -2.19. The maximum atomic E-state index is 13.2. The van der Waals surface area contributed by atoms with E-state index in [4.69, 9.17) is 4.74 Å². The van der Waals surface area contributed by atoms with Crippen LogP contribution in [0.15, 0.2) is 18.2 Å². The molecule has 2 unspecified atom stereocenters. The molecule has 2 nitrogen and oxygen atoms in total. The molecule has 0 saturated carbocycles. The number of ether oxygens (including phenoxy) is 1. The summed E-state index contributed by atoms with van der Waals surface area (Å²) >= 11 is 0. The molecule has 4 heteroatoms. The Morgan fingerprint density at radius 1 is 1.33 bits per heavy atom. The topological polar surface area (TPSA) is 21.3 Å². The number of halogens is 2. The number of nitrogens with one attached hydrogen (secondary N) is 1. The van der Waals surface area contributed by atoms with E-state index in [1.807, 2.05) is 7.05 Å². The van der Waals surface area contributed by atoms with Gasteiger partial charge in [0.25, 0.3) is 0 Å². The summed E-state index contributed by atoms with van der Waals surface area (Å²) in [7, 11) is 1.81. The third-order valence-corrected chi connectivity index (χ3v) is 3.44. The molecule has 1 aliphatic rings. The first-order valence-electron chi connectivity index (χ1n) is 6.44. The molecule has 100 valence electrons. The Morgan fingerprint density at radius 3 is 2.61 bits per heavy atom. The summed E-state index contributed by atoms with van der Waals surface area (Å²) in [6.45, 7) is 0.837. The lowest BCUT2D eigenvalue weighted by molar-refractivity contribution is 0.0998. The van der Waals surface area contributed by atoms with Crippen LogP contribution in [0.3, 0.4) is 0 Å². The van der Waals surface area contributed by atoms with E-state index in [1.165, 1.54) is 12.1 Å². The molecule has 0 radical (unpaired) electrons. The van der Waals surface area contributed by atoms with Crippen molar-refractivity contribution < 1.29 is 13.5 Å². The zero-order chi connectivity index (χ0) is 13.0. The fraction of sp³-hybridized carbons (Fsp3) is 0.571. The molecule has 0 bridgehead atoms. The van der Waals surface area contributed by atoms with Crippen LogP contribution < -0.4 is 5.32 Å². The van der Waals surface area contributed by atoms with Gasteiger partial charge >= 0.3 is 0 Å². The molecule has 1 aromatic carbocycles. The van der Waals surface area contributed by atoms with E-state index in [2.05, 4.69) is 5.32 Å². The van der Waals surface area contributed by atoms with Gasteiger partial charge in [0.1, 0.15) is 11.6 Å². The Labute approximate surface area is 106 Å². The van der Waals surface area contributed by atoms with Gasteiger partial charge in [0, 0.05) is 18.7 Å². The number of hydrogen-bond donors (Lipinski definition) is 1. The zero-order valence-electron chi connectivity index (χ0n) is 10.6. The fourth-order valence-corrected chi connectivity index (χ4v) is 2.48. The maximum Gasteiger partial charge on any atom is 0.126 e. The second-order valence-electron chi connectivity index (χ2n) is 4.76. The van der Waals surface area contributed by atoms with Crippen LogP contribution in [0.25, 0.3) is 0 Å². The van der Waals surface area contributed by atoms with Crippen LogP contribution in [0.2, 0.25) is 0 Å². The van der Waals surface area contributed by atoms with Crippen molar-refractivity contribution in [1.29, 1.82) is 0 Å². The number of benzene rings is 1. The van der Waals surface area contributed by atoms with E-state index in [9.17, 15) is 8.78 Å². The first kappa shape index (κ1) is 13.4. The zero-order valence-corrected chi connectivity index (χ0v) is 10.6. The van der Waals surface area contributed by atoms with Crippen LogP contribution in [-0.4, -0.2) is 19.8 Å². The van der Waals surface area contributed by atoms with Crippen molar-refractivity contribution in [2.24, 2.45) is 0 Å². The summed E-state index contributed by atoms with van der Waals surface area (Å²) in [6, 6.07) is 3.65. The quantitative estimate of drug-likeness (QED) is 0.872. The summed E-state index contributed by atoms with van der Waals surface area (Å²) in [5.74, 6) is -1.05. The van der Waals surface area contributed by atoms with Crippen LogP contribution in [-0.2, 0) is 4.74 Å². The van der Waals surface area contributed by atoms with Crippen LogP contribution in [0, 0.1) is 11.6 Å². The summed E-state index contributed by atoms with van der Waals surface area (Å²) in [4.78, 5) is 0. The minimum absolute atomic E-state index is 0.0283. The van der Waals surface area contributed by atoms with E-state index >= 15 is 0 Å². The molecule has 1 saturated heterocycles. The van der Waals surface area contributed by atoms with Crippen molar-refractivity contribution in [1.82, 2.24) is 5.32 Å². The first-order valence-corrected chi connectivity index (χ1v) is 6.44. The molecule has 2 atom stereocenters. The van der Waals surface area contributed by atoms with Gasteiger partial charge in [0.15, 0.2) is 0 Å². The van der Waals surface area contributed by atoms with E-state index in [-0.39, 0.29) is 6.04 Å². The van der Waals surface area contributed by atoms with Crippen LogP contribution >= 0.6 is 0 Å². The summed E-state index contributed by atoms with van der Waals surface area (Å²) in [5.41, 5.74) is 0.660. The van der Waals surface area contributed by atoms with E-state index in [0.717, 1.165) is 38.4 Å². The second kappa shape index (κ2) is 6.25. The first-order chi connectivity index (χ1) is 8.69. The molecular formula is C14H19F2NO. The van der Waals surface area contributed by atoms with E-state index in [1.54, 1.807) is 0 Å². The monoisotopic (exact) mass is 255 g/mol. The van der Waals surface area contributed by atoms with Gasteiger partial charge in [0.2, 0.25) is 0 Å². The average Bonchev–Trinajstić information content (AvgIpc) is 2.81. The van der Waals surface area contributed by atoms with Gasteiger partial charge in [-0.1, -0.05) is 0 Å². The third-order valence-electron chi connectivity index (χ3n) is 3.44. The van der Waals surface area contributed by atoms with Gasteiger partial charge in [0.05, 0.1) is 6.10 Å². The van der Waals surface area contributed by atoms with Crippen molar-refractivity contribution >= 4 is 0 Å². The Bertz CT molecular complexity index is 371. The highest BCUT2D eigenvalue weighted by Gasteiger charge is 2.18. The minimum Gasteiger partial charge on any atom is -0.378 e. The van der Waals surface area contributed by atoms with E-state index < -0.39 is 11.6 Å². The molecule has 0 aromatic heterocycles. The minimum atomic E-state index is -0.526. The lowest BCUT2D eigenvalue weighted by Gasteiger charge is -2.19. The molecule has 0 amide bonds. The molecular weight excluding hydrogens is 236 g/mol. The van der Waals surface area contributed by atoms with Crippen LogP contribution in [0.1, 0.15) is 37.3 Å². The lowest BCUT2D eigenvalue weighted by atomic mass is 9.99. The molecule has 1 N–H and O–H groups in total. The fourth-order valence-electron chi connectivity index (χ4n) is 2.48. The van der Waals surface area contributed by atoms with Crippen molar-refractivity contribution in [2.45, 2.75) is 37.8 Å². The van der Waals surface area contributed by atoms with Crippen molar-refractivity contribution in [3.05, 3.63) is 35.4 Å². The standard InChI is InChI=1S/C14H19F2NO/c1-17-14(5-4-13-3-2-6-18-13)10-7-11(15)9-12(16)8-10/h7-9,13-14,17H,2-6H2,1H3. The predicted octanol–water partition coefficient (Wildman–Crippen LogP) is 3.18. The average molecular weight is 255 g/mol. The van der Waals surface area contributed by atoms with Gasteiger partial charge in [-0.25, -0.2) is 8.78 Å². The highest BCUT2D eigenvalue weighted by Crippen LogP contribution is 2.24. The summed E-state index contributed by atoms with van der Waals surface area (Å²) in [5, 5.41) is 3.11. The predicted molar refractivity (Wildman–Crippen MR) is 66.4 cm³/mol. The van der Waals surface area contributed by atoms with Crippen molar-refractivity contribution in [2.75, 3.05) is 13.7 Å². The molecule has 1 aliphatic heterocycles. The maximum absolute atomic E-state index is 13.2. The van der Waals surface area contributed by atoms with Gasteiger partial charge in [-0.05, 0) is 50.4 Å². The number of hydrogen-bond acceptors (Lipinski definition) is 2. The SMILES string of the molecule is CNC(CCC1CCCO1)c1cc(F)cc(F)c1. The van der Waals surface area contributed by atoms with Gasteiger partial charge in [-0.2, -0.15) is 0 Å². The van der Waals surface area contributed by atoms with E-state index in [0.29, 0.717) is 11.7 Å². The molecule has 1 aromatic rings. The molecule has 2 rings (SSSR count). The smallest absolute Gasteiger partial charge is 0.126 e. The van der Waals surface area contributed by atoms with Gasteiger partial charge < -0.3 is 10.1 Å². The third kappa shape index (κ3) is 3.50. The molecule has 0 aliphatic carbocycles. The Balaban J connectivity index is 1.98. The van der Waals surface area contributed by atoms with Crippen LogP contribution in [0.4, 0.5) is 8.78 Å². The summed E-state index contributed by atoms with van der Waals surface area (Å²) in [6.07, 6.45) is 4.25. The van der Waals surface area contributed by atoms with Gasteiger partial charge in [-0.3, -0.25) is 0 Å². The van der Waals surface area contributed by atoms with Crippen molar-refractivity contribution in [3.63, 3.8) is 0 Å². The highest BCUT2D eigenvalue weighted by molar-refractivity contribution is 5.21. The molecule has 0 spiro atoms. The van der Waals surface area contributed by atoms with Crippen molar-refractivity contribution in [3.8, 4) is 0 Å².